The molecule has 0 fully saturated rings. The fourth-order valence-corrected chi connectivity index (χ4v) is 2.86. The van der Waals surface area contributed by atoms with Crippen molar-refractivity contribution < 1.29 is 14.6 Å². The maximum absolute atomic E-state index is 10.3. The van der Waals surface area contributed by atoms with Gasteiger partial charge in [-0.25, -0.2) is 14.6 Å². The van der Waals surface area contributed by atoms with E-state index in [9.17, 15) is 5.11 Å². The summed E-state index contributed by atoms with van der Waals surface area (Å²) < 4.78 is 12.7. The minimum Gasteiger partial charge on any atom is -0.506 e. The van der Waals surface area contributed by atoms with E-state index in [1.807, 2.05) is 32.0 Å². The van der Waals surface area contributed by atoms with E-state index in [0.717, 1.165) is 11.1 Å². The highest BCUT2D eigenvalue weighted by Crippen LogP contribution is 2.34. The molecule has 0 radical (unpaired) electrons. The molecule has 2 N–H and O–H groups in total. The van der Waals surface area contributed by atoms with E-state index < -0.39 is 0 Å². The van der Waals surface area contributed by atoms with Gasteiger partial charge in [0, 0.05) is 11.6 Å². The second-order valence-corrected chi connectivity index (χ2v) is 6.32. The third-order valence-electron chi connectivity index (χ3n) is 4.04. The first-order valence-corrected chi connectivity index (χ1v) is 8.48. The lowest BCUT2D eigenvalue weighted by atomic mass is 10.2. The molecule has 0 aliphatic rings. The SMILES string of the molecule is COc1ccc(-c2nc3cc(O)c(-n4cncn4)cc3[nH]2)cc1OC(C)C. The number of benzene rings is 2. The Hall–Kier alpha value is -3.55. The van der Waals surface area contributed by atoms with Crippen molar-refractivity contribution >= 4 is 11.0 Å². The van der Waals surface area contributed by atoms with Crippen LogP contribution < -0.4 is 9.47 Å². The zero-order valence-corrected chi connectivity index (χ0v) is 15.2. The largest absolute Gasteiger partial charge is 0.506 e. The second kappa shape index (κ2) is 6.64. The number of aromatic amines is 1. The van der Waals surface area contributed by atoms with Gasteiger partial charge in [0.15, 0.2) is 11.5 Å². The van der Waals surface area contributed by atoms with Crippen LogP contribution in [0.3, 0.4) is 0 Å². The molecule has 0 aliphatic heterocycles. The van der Waals surface area contributed by atoms with Crippen molar-refractivity contribution in [2.45, 2.75) is 20.0 Å². The van der Waals surface area contributed by atoms with E-state index in [0.29, 0.717) is 28.5 Å². The van der Waals surface area contributed by atoms with Gasteiger partial charge in [0.25, 0.3) is 0 Å². The minimum atomic E-state index is 0.0204. The molecule has 138 valence electrons. The summed E-state index contributed by atoms with van der Waals surface area (Å²) in [5.41, 5.74) is 2.79. The summed E-state index contributed by atoms with van der Waals surface area (Å²) in [5, 5.41) is 14.4. The van der Waals surface area contributed by atoms with Crippen LogP contribution >= 0.6 is 0 Å². The number of H-pyrrole nitrogens is 1. The van der Waals surface area contributed by atoms with Gasteiger partial charge in [-0.3, -0.25) is 0 Å². The number of aromatic hydroxyl groups is 1. The number of imidazole rings is 1. The summed E-state index contributed by atoms with van der Waals surface area (Å²) in [5.74, 6) is 2.05. The van der Waals surface area contributed by atoms with E-state index in [1.54, 1.807) is 19.2 Å². The van der Waals surface area contributed by atoms with Gasteiger partial charge in [0.2, 0.25) is 0 Å². The lowest BCUT2D eigenvalue weighted by Gasteiger charge is -2.14. The van der Waals surface area contributed by atoms with Crippen LogP contribution in [0.4, 0.5) is 0 Å². The van der Waals surface area contributed by atoms with Crippen LogP contribution in [0.15, 0.2) is 43.0 Å². The highest BCUT2D eigenvalue weighted by Gasteiger charge is 2.14. The van der Waals surface area contributed by atoms with Crippen molar-refractivity contribution in [3.8, 4) is 34.3 Å². The number of hydrogen-bond acceptors (Lipinski definition) is 6. The summed E-state index contributed by atoms with van der Waals surface area (Å²) >= 11 is 0. The maximum atomic E-state index is 10.3. The summed E-state index contributed by atoms with van der Waals surface area (Å²) in [7, 11) is 1.61. The van der Waals surface area contributed by atoms with E-state index in [2.05, 4.69) is 20.1 Å². The fraction of sp³-hybridized carbons (Fsp3) is 0.211. The van der Waals surface area contributed by atoms with E-state index in [4.69, 9.17) is 9.47 Å². The predicted octanol–water partition coefficient (Wildman–Crippen LogP) is 3.31. The zero-order valence-electron chi connectivity index (χ0n) is 15.2. The highest BCUT2D eigenvalue weighted by atomic mass is 16.5. The van der Waals surface area contributed by atoms with Gasteiger partial charge in [-0.1, -0.05) is 0 Å². The molecule has 4 rings (SSSR count). The predicted molar refractivity (Wildman–Crippen MR) is 100 cm³/mol. The first kappa shape index (κ1) is 16.9. The highest BCUT2D eigenvalue weighted by molar-refractivity contribution is 5.84. The molecule has 2 aromatic heterocycles. The van der Waals surface area contributed by atoms with Crippen LogP contribution in [0.1, 0.15) is 13.8 Å². The standard InChI is InChI=1S/C19H19N5O3/c1-11(2)27-18-6-12(4-5-17(18)26-3)19-22-13-7-15(24-10-20-9-21-24)16(25)8-14(13)23-19/h4-11,25H,1-3H3,(H,22,23). The number of phenolic OH excluding ortho intramolecular Hbond substituents is 1. The Morgan fingerprint density at radius 1 is 1.15 bits per heavy atom. The van der Waals surface area contributed by atoms with Gasteiger partial charge < -0.3 is 19.6 Å². The van der Waals surface area contributed by atoms with Gasteiger partial charge >= 0.3 is 0 Å². The Balaban J connectivity index is 1.78. The van der Waals surface area contributed by atoms with E-state index >= 15 is 0 Å². The molecule has 0 amide bonds. The van der Waals surface area contributed by atoms with Crippen molar-refractivity contribution in [2.75, 3.05) is 7.11 Å². The molecule has 0 spiro atoms. The van der Waals surface area contributed by atoms with Crippen molar-refractivity contribution in [3.63, 3.8) is 0 Å². The van der Waals surface area contributed by atoms with E-state index in [1.165, 1.54) is 17.3 Å². The smallest absolute Gasteiger partial charge is 0.162 e. The number of ether oxygens (including phenoxy) is 2. The molecule has 0 aliphatic carbocycles. The van der Waals surface area contributed by atoms with Gasteiger partial charge in [-0.05, 0) is 38.1 Å². The monoisotopic (exact) mass is 365 g/mol. The number of methoxy groups -OCH3 is 1. The van der Waals surface area contributed by atoms with Crippen molar-refractivity contribution in [2.24, 2.45) is 0 Å². The summed E-state index contributed by atoms with van der Waals surface area (Å²) in [6, 6.07) is 9.02. The average molecular weight is 365 g/mol. The number of aromatic nitrogens is 5. The minimum absolute atomic E-state index is 0.0204. The summed E-state index contributed by atoms with van der Waals surface area (Å²) in [4.78, 5) is 11.8. The van der Waals surface area contributed by atoms with Crippen molar-refractivity contribution in [1.82, 2.24) is 24.7 Å². The number of nitrogens with one attached hydrogen (secondary N) is 1. The normalized spacial score (nSPS) is 11.3. The fourth-order valence-electron chi connectivity index (χ4n) is 2.86. The molecule has 0 unspecified atom stereocenters. The number of nitrogens with zero attached hydrogens (tertiary/aromatic N) is 4. The molecule has 8 heteroatoms. The van der Waals surface area contributed by atoms with Crippen molar-refractivity contribution in [3.05, 3.63) is 43.0 Å². The lowest BCUT2D eigenvalue weighted by molar-refractivity contribution is 0.230. The van der Waals surface area contributed by atoms with E-state index in [-0.39, 0.29) is 11.9 Å². The molecule has 0 bridgehead atoms. The average Bonchev–Trinajstić information content (AvgIpc) is 3.29. The molecule has 2 aromatic carbocycles. The van der Waals surface area contributed by atoms with Crippen LogP contribution in [0.5, 0.6) is 17.2 Å². The van der Waals surface area contributed by atoms with Gasteiger partial charge in [-0.15, -0.1) is 0 Å². The molecule has 0 saturated heterocycles. The third-order valence-corrected chi connectivity index (χ3v) is 4.04. The van der Waals surface area contributed by atoms with Crippen LogP contribution in [0.25, 0.3) is 28.1 Å². The molecule has 27 heavy (non-hydrogen) atoms. The van der Waals surface area contributed by atoms with Crippen LogP contribution in [-0.2, 0) is 0 Å². The quantitative estimate of drug-likeness (QED) is 0.563. The number of phenols is 1. The van der Waals surface area contributed by atoms with Gasteiger partial charge in [-0.2, -0.15) is 5.10 Å². The Bertz CT molecular complexity index is 1090. The van der Waals surface area contributed by atoms with Crippen molar-refractivity contribution in [1.29, 1.82) is 0 Å². The molecular formula is C19H19N5O3. The molecule has 0 atom stereocenters. The van der Waals surface area contributed by atoms with Gasteiger partial charge in [0.05, 0.1) is 24.2 Å². The Morgan fingerprint density at radius 2 is 2.00 bits per heavy atom. The number of fused-ring (bicyclic) bond motifs is 1. The van der Waals surface area contributed by atoms with Crippen LogP contribution in [0, 0.1) is 0 Å². The molecule has 2 heterocycles. The first-order valence-electron chi connectivity index (χ1n) is 8.48. The molecule has 0 saturated carbocycles. The first-order chi connectivity index (χ1) is 13.0. The number of hydrogen-bond donors (Lipinski definition) is 2. The molecular weight excluding hydrogens is 346 g/mol. The lowest BCUT2D eigenvalue weighted by Crippen LogP contribution is -2.06. The maximum Gasteiger partial charge on any atom is 0.162 e. The molecule has 8 nitrogen and oxygen atoms in total. The Kier molecular flexibility index (Phi) is 4.15. The topological polar surface area (TPSA) is 98.1 Å². The Morgan fingerprint density at radius 3 is 2.70 bits per heavy atom. The summed E-state index contributed by atoms with van der Waals surface area (Å²) in [6.45, 7) is 3.92. The summed E-state index contributed by atoms with van der Waals surface area (Å²) in [6.07, 6.45) is 2.96. The third kappa shape index (κ3) is 3.17. The van der Waals surface area contributed by atoms with Gasteiger partial charge in [0.1, 0.15) is 29.9 Å². The molecule has 4 aromatic rings. The zero-order chi connectivity index (χ0) is 19.0. The van der Waals surface area contributed by atoms with Crippen LogP contribution in [-0.4, -0.2) is 43.1 Å². The number of rotatable bonds is 5. The Labute approximate surface area is 155 Å². The second-order valence-electron chi connectivity index (χ2n) is 6.32. The van der Waals surface area contributed by atoms with Crippen LogP contribution in [0.2, 0.25) is 0 Å².